The van der Waals surface area contributed by atoms with Crippen LogP contribution < -0.4 is 0 Å². The van der Waals surface area contributed by atoms with E-state index in [-0.39, 0.29) is 0 Å². The molecule has 0 amide bonds. The van der Waals surface area contributed by atoms with Crippen molar-refractivity contribution in [3.63, 3.8) is 0 Å². The van der Waals surface area contributed by atoms with Crippen LogP contribution in [0.4, 0.5) is 0 Å². The van der Waals surface area contributed by atoms with E-state index in [1.54, 1.807) is 0 Å². The van der Waals surface area contributed by atoms with Crippen molar-refractivity contribution in [2.45, 2.75) is 24.1 Å². The maximum Gasteiger partial charge on any atom is 0.469 e. The second-order valence-corrected chi connectivity index (χ2v) is 6.47. The first kappa shape index (κ1) is 18.1. The molecule has 0 saturated carbocycles. The fourth-order valence-corrected chi connectivity index (χ4v) is 2.17. The average molecular weight is 340 g/mol. The quantitative estimate of drug-likeness (QED) is 0.242. The van der Waals surface area contributed by atoms with Crippen LogP contribution in [0.3, 0.4) is 0 Å². The van der Waals surface area contributed by atoms with Gasteiger partial charge in [-0.2, -0.15) is 0 Å². The van der Waals surface area contributed by atoms with E-state index in [4.69, 9.17) is 19.6 Å². The molecule has 0 radical (unpaired) electrons. The Kier molecular flexibility index (Phi) is 5.48. The lowest BCUT2D eigenvalue weighted by Gasteiger charge is -2.25. The highest BCUT2D eigenvalue weighted by atomic mass is 31.2. The van der Waals surface area contributed by atoms with Gasteiger partial charge in [0.2, 0.25) is 5.79 Å². The van der Waals surface area contributed by atoms with Gasteiger partial charge >= 0.3 is 15.6 Å². The molecule has 0 bridgehead atoms. The molecule has 120 valence electrons. The van der Waals surface area contributed by atoms with Crippen molar-refractivity contribution in [1.82, 2.24) is 0 Å². The summed E-state index contributed by atoms with van der Waals surface area (Å²) in [7, 11) is -9.82. The molecular formula is C6H14O12P2. The maximum atomic E-state index is 10.5. The number of phosphoric ester groups is 2. The van der Waals surface area contributed by atoms with Gasteiger partial charge in [-0.15, -0.1) is 0 Å². The summed E-state index contributed by atoms with van der Waals surface area (Å²) in [6.07, 6.45) is -5.38. The van der Waals surface area contributed by atoms with E-state index < -0.39 is 53.0 Å². The molecule has 0 aliphatic carbocycles. The number of aliphatic hydroxyl groups is 3. The Morgan fingerprint density at radius 3 is 2.00 bits per heavy atom. The standard InChI is InChI=1S/C6H14O12P2/c7-4-3(1-16-19(10,11)12)18-6(9,5(4)8)2-17-20(13,14)15/h3-5,7-9H,1-2H2,(H2,10,11,12)(H2,13,14,15)/t3-,4+,5-,6-/m0/s1. The Labute approximate surface area is 112 Å². The third-order valence-corrected chi connectivity index (χ3v) is 3.32. The predicted octanol–water partition coefficient (Wildman–Crippen LogP) is -2.99. The van der Waals surface area contributed by atoms with Gasteiger partial charge in [0, 0.05) is 0 Å². The van der Waals surface area contributed by atoms with E-state index >= 15 is 0 Å². The first-order valence-electron chi connectivity index (χ1n) is 5.00. The lowest BCUT2D eigenvalue weighted by Crippen LogP contribution is -2.46. The second-order valence-electron chi connectivity index (χ2n) is 3.99. The molecule has 1 aliphatic heterocycles. The second kappa shape index (κ2) is 6.05. The molecule has 20 heavy (non-hydrogen) atoms. The van der Waals surface area contributed by atoms with Crippen LogP contribution >= 0.6 is 15.6 Å². The number of phosphoric acid groups is 2. The molecular weight excluding hydrogens is 326 g/mol. The summed E-state index contributed by atoms with van der Waals surface area (Å²) in [4.78, 5) is 33.9. The Morgan fingerprint density at radius 1 is 1.05 bits per heavy atom. The minimum Gasteiger partial charge on any atom is -0.387 e. The summed E-state index contributed by atoms with van der Waals surface area (Å²) in [5, 5.41) is 28.8. The SMILES string of the molecule is O=P(O)(O)OC[C@@H]1O[C@@](O)(COP(=O)(O)O)[C@@H](O)[C@@H]1O. The molecule has 7 N–H and O–H groups in total. The van der Waals surface area contributed by atoms with Crippen LogP contribution in [-0.2, 0) is 22.9 Å². The van der Waals surface area contributed by atoms with Gasteiger partial charge in [-0.3, -0.25) is 9.05 Å². The van der Waals surface area contributed by atoms with Gasteiger partial charge in [0.15, 0.2) is 0 Å². The van der Waals surface area contributed by atoms with Crippen LogP contribution in [-0.4, -0.2) is 72.2 Å². The van der Waals surface area contributed by atoms with Crippen molar-refractivity contribution in [1.29, 1.82) is 0 Å². The van der Waals surface area contributed by atoms with Crippen molar-refractivity contribution in [3.8, 4) is 0 Å². The average Bonchev–Trinajstić information content (AvgIpc) is 2.48. The monoisotopic (exact) mass is 340 g/mol. The van der Waals surface area contributed by atoms with E-state index in [2.05, 4.69) is 13.8 Å². The molecule has 0 aromatic carbocycles. The molecule has 14 heteroatoms. The lowest BCUT2D eigenvalue weighted by atomic mass is 10.1. The molecule has 4 atom stereocenters. The van der Waals surface area contributed by atoms with E-state index in [1.165, 1.54) is 0 Å². The van der Waals surface area contributed by atoms with E-state index in [9.17, 15) is 24.4 Å². The molecule has 1 saturated heterocycles. The Bertz CT molecular complexity index is 428. The number of aliphatic hydroxyl groups excluding tert-OH is 2. The summed E-state index contributed by atoms with van der Waals surface area (Å²) in [6, 6.07) is 0. The van der Waals surface area contributed by atoms with Crippen LogP contribution in [0, 0.1) is 0 Å². The fraction of sp³-hybridized carbons (Fsp3) is 1.00. The lowest BCUT2D eigenvalue weighted by molar-refractivity contribution is -0.245. The molecule has 0 aromatic rings. The van der Waals surface area contributed by atoms with Gasteiger partial charge in [-0.25, -0.2) is 9.13 Å². The van der Waals surface area contributed by atoms with Crippen LogP contribution in [0.5, 0.6) is 0 Å². The van der Waals surface area contributed by atoms with Crippen molar-refractivity contribution >= 4 is 15.6 Å². The third-order valence-electron chi connectivity index (χ3n) is 2.37. The van der Waals surface area contributed by atoms with Gasteiger partial charge in [-0.05, 0) is 0 Å². The van der Waals surface area contributed by atoms with E-state index in [1.807, 2.05) is 0 Å². The zero-order valence-electron chi connectivity index (χ0n) is 9.71. The summed E-state index contributed by atoms with van der Waals surface area (Å²) >= 11 is 0. The topological polar surface area (TPSA) is 203 Å². The number of ether oxygens (including phenoxy) is 1. The van der Waals surface area contributed by atoms with Crippen LogP contribution in [0.1, 0.15) is 0 Å². The minimum absolute atomic E-state index is 0.874. The molecule has 1 rings (SSSR count). The number of hydrogen-bond acceptors (Lipinski definition) is 8. The third kappa shape index (κ3) is 5.11. The first-order chi connectivity index (χ1) is 8.84. The largest absolute Gasteiger partial charge is 0.469 e. The summed E-state index contributed by atoms with van der Waals surface area (Å²) in [5.74, 6) is -2.66. The van der Waals surface area contributed by atoms with Crippen LogP contribution in [0.2, 0.25) is 0 Å². The maximum absolute atomic E-state index is 10.5. The summed E-state index contributed by atoms with van der Waals surface area (Å²) < 4.78 is 33.6. The van der Waals surface area contributed by atoms with E-state index in [0.29, 0.717) is 0 Å². The highest BCUT2D eigenvalue weighted by Gasteiger charge is 2.54. The molecule has 0 aromatic heterocycles. The normalized spacial score (nSPS) is 35.5. The van der Waals surface area contributed by atoms with Crippen molar-refractivity contribution in [2.75, 3.05) is 13.2 Å². The van der Waals surface area contributed by atoms with Crippen molar-refractivity contribution in [2.24, 2.45) is 0 Å². The minimum atomic E-state index is -4.96. The van der Waals surface area contributed by atoms with Gasteiger partial charge in [0.25, 0.3) is 0 Å². The summed E-state index contributed by atoms with van der Waals surface area (Å²) in [5.41, 5.74) is 0. The highest BCUT2D eigenvalue weighted by molar-refractivity contribution is 7.46. The molecule has 0 unspecified atom stereocenters. The summed E-state index contributed by atoms with van der Waals surface area (Å²) in [6.45, 7) is -2.05. The number of hydrogen-bond donors (Lipinski definition) is 7. The zero-order valence-corrected chi connectivity index (χ0v) is 11.5. The Morgan fingerprint density at radius 2 is 1.55 bits per heavy atom. The molecule has 1 aliphatic rings. The molecule has 1 heterocycles. The number of rotatable bonds is 6. The van der Waals surface area contributed by atoms with E-state index in [0.717, 1.165) is 0 Å². The van der Waals surface area contributed by atoms with Gasteiger partial charge < -0.3 is 39.6 Å². The predicted molar refractivity (Wildman–Crippen MR) is 57.8 cm³/mol. The van der Waals surface area contributed by atoms with Crippen molar-refractivity contribution in [3.05, 3.63) is 0 Å². The van der Waals surface area contributed by atoms with Crippen LogP contribution in [0.15, 0.2) is 0 Å². The molecule has 1 fully saturated rings. The Hall–Kier alpha value is 0.0600. The van der Waals surface area contributed by atoms with Gasteiger partial charge in [0.1, 0.15) is 24.9 Å². The molecule has 12 nitrogen and oxygen atoms in total. The first-order valence-corrected chi connectivity index (χ1v) is 8.07. The Balaban J connectivity index is 2.67. The molecule has 0 spiro atoms. The van der Waals surface area contributed by atoms with Crippen LogP contribution in [0.25, 0.3) is 0 Å². The highest BCUT2D eigenvalue weighted by Crippen LogP contribution is 2.41. The smallest absolute Gasteiger partial charge is 0.387 e. The fourth-order valence-electron chi connectivity index (χ4n) is 1.47. The van der Waals surface area contributed by atoms with Gasteiger partial charge in [0.05, 0.1) is 6.61 Å². The van der Waals surface area contributed by atoms with Gasteiger partial charge in [-0.1, -0.05) is 0 Å². The van der Waals surface area contributed by atoms with Crippen molar-refractivity contribution < 1.29 is 57.8 Å². The zero-order chi connectivity index (χ0) is 15.8.